The van der Waals surface area contributed by atoms with Crippen molar-refractivity contribution in [2.75, 3.05) is 32.1 Å². The van der Waals surface area contributed by atoms with Crippen LogP contribution in [-0.4, -0.2) is 37.6 Å². The van der Waals surface area contributed by atoms with Gasteiger partial charge >= 0.3 is 0 Å². The van der Waals surface area contributed by atoms with Crippen molar-refractivity contribution in [1.82, 2.24) is 4.90 Å². The first kappa shape index (κ1) is 18.2. The highest BCUT2D eigenvalue weighted by Gasteiger charge is 2.09. The van der Waals surface area contributed by atoms with E-state index in [0.29, 0.717) is 35.2 Å². The second kappa shape index (κ2) is 8.66. The smallest absolute Gasteiger partial charge is 0.238 e. The van der Waals surface area contributed by atoms with Gasteiger partial charge in [0.25, 0.3) is 0 Å². The van der Waals surface area contributed by atoms with E-state index in [0.717, 1.165) is 0 Å². The zero-order valence-electron chi connectivity index (χ0n) is 13.7. The van der Waals surface area contributed by atoms with Crippen molar-refractivity contribution in [2.24, 2.45) is 0 Å². The van der Waals surface area contributed by atoms with Crippen LogP contribution < -0.4 is 10.1 Å². The number of halogens is 2. The Morgan fingerprint density at radius 2 is 2.04 bits per heavy atom. The molecule has 0 spiro atoms. The molecule has 0 aliphatic rings. The van der Waals surface area contributed by atoms with E-state index in [4.69, 9.17) is 16.3 Å². The maximum Gasteiger partial charge on any atom is 0.238 e. The number of nitrogens with one attached hydrogen (secondary N) is 1. The monoisotopic (exact) mass is 350 g/mol. The number of carbonyl (C=O) groups excluding carboxylic acids is 1. The van der Waals surface area contributed by atoms with Gasteiger partial charge in [-0.25, -0.2) is 4.39 Å². The highest BCUT2D eigenvalue weighted by Crippen LogP contribution is 2.22. The average molecular weight is 351 g/mol. The molecule has 0 atom stereocenters. The van der Waals surface area contributed by atoms with E-state index >= 15 is 0 Å². The highest BCUT2D eigenvalue weighted by molar-refractivity contribution is 6.32. The van der Waals surface area contributed by atoms with Crippen LogP contribution in [0.4, 0.5) is 10.1 Å². The number of nitrogens with zero attached hydrogens (tertiary/aromatic N) is 1. The van der Waals surface area contributed by atoms with Gasteiger partial charge in [-0.2, -0.15) is 0 Å². The fraction of sp³-hybridized carbons (Fsp3) is 0.278. The number of ether oxygens (including phenoxy) is 1. The fourth-order valence-electron chi connectivity index (χ4n) is 2.07. The molecule has 0 saturated heterocycles. The molecule has 0 fully saturated rings. The minimum atomic E-state index is -0.339. The van der Waals surface area contributed by atoms with E-state index in [1.165, 1.54) is 6.07 Å². The lowest BCUT2D eigenvalue weighted by atomic mass is 10.2. The summed E-state index contributed by atoms with van der Waals surface area (Å²) in [6, 6.07) is 11.9. The molecule has 0 saturated carbocycles. The molecule has 4 nitrogen and oxygen atoms in total. The molecule has 0 aromatic heterocycles. The number of likely N-dealkylation sites (N-methyl/N-ethyl adjacent to an activating group) is 1. The molecule has 128 valence electrons. The summed E-state index contributed by atoms with van der Waals surface area (Å²) in [7, 11) is 1.81. The van der Waals surface area contributed by atoms with Gasteiger partial charge in [0.15, 0.2) is 0 Å². The SMILES string of the molecule is Cc1ccc(NC(=O)CN(C)CCOc2ccccc2Cl)cc1F. The Hall–Kier alpha value is -2.11. The van der Waals surface area contributed by atoms with Crippen molar-refractivity contribution in [1.29, 1.82) is 0 Å². The molecule has 6 heteroatoms. The first-order chi connectivity index (χ1) is 11.5. The number of carbonyl (C=O) groups is 1. The lowest BCUT2D eigenvalue weighted by Crippen LogP contribution is -2.33. The van der Waals surface area contributed by atoms with Crippen molar-refractivity contribution in [2.45, 2.75) is 6.92 Å². The molecule has 0 unspecified atom stereocenters. The first-order valence-corrected chi connectivity index (χ1v) is 7.95. The third-order valence-electron chi connectivity index (χ3n) is 3.44. The lowest BCUT2D eigenvalue weighted by Gasteiger charge is -2.17. The summed E-state index contributed by atoms with van der Waals surface area (Å²) in [4.78, 5) is 13.8. The maximum absolute atomic E-state index is 13.5. The molecule has 2 aromatic rings. The van der Waals surface area contributed by atoms with E-state index in [1.807, 2.05) is 24.1 Å². The number of hydrogen-bond donors (Lipinski definition) is 1. The second-order valence-electron chi connectivity index (χ2n) is 5.53. The second-order valence-corrected chi connectivity index (χ2v) is 5.94. The van der Waals surface area contributed by atoms with Gasteiger partial charge in [0.2, 0.25) is 5.91 Å². The summed E-state index contributed by atoms with van der Waals surface area (Å²) in [5.41, 5.74) is 0.991. The lowest BCUT2D eigenvalue weighted by molar-refractivity contribution is -0.117. The van der Waals surface area contributed by atoms with Crippen LogP contribution in [0.3, 0.4) is 0 Å². The molecule has 1 N–H and O–H groups in total. The predicted octanol–water partition coefficient (Wildman–Crippen LogP) is 3.74. The van der Waals surface area contributed by atoms with Crippen LogP contribution in [0.15, 0.2) is 42.5 Å². The molecule has 2 aromatic carbocycles. The third kappa shape index (κ3) is 5.51. The van der Waals surface area contributed by atoms with Gasteiger partial charge in [0.05, 0.1) is 11.6 Å². The van der Waals surface area contributed by atoms with E-state index in [2.05, 4.69) is 5.32 Å². The summed E-state index contributed by atoms with van der Waals surface area (Å²) in [6.45, 7) is 2.82. The van der Waals surface area contributed by atoms with Crippen LogP contribution in [0.25, 0.3) is 0 Å². The van der Waals surface area contributed by atoms with Crippen molar-refractivity contribution < 1.29 is 13.9 Å². The predicted molar refractivity (Wildman–Crippen MR) is 94.2 cm³/mol. The molecule has 0 aliphatic carbocycles. The van der Waals surface area contributed by atoms with Gasteiger partial charge in [0, 0.05) is 12.2 Å². The van der Waals surface area contributed by atoms with E-state index in [1.54, 1.807) is 31.2 Å². The summed E-state index contributed by atoms with van der Waals surface area (Å²) < 4.78 is 19.0. The summed E-state index contributed by atoms with van der Waals surface area (Å²) >= 11 is 6.00. The Balaban J connectivity index is 1.75. The standard InChI is InChI=1S/C18H20ClFN2O2/c1-13-7-8-14(11-16(13)20)21-18(23)12-22(2)9-10-24-17-6-4-3-5-15(17)19/h3-8,11H,9-10,12H2,1-2H3,(H,21,23). The van der Waals surface area contributed by atoms with Gasteiger partial charge in [0.1, 0.15) is 18.2 Å². The van der Waals surface area contributed by atoms with Gasteiger partial charge in [-0.3, -0.25) is 9.69 Å². The molecule has 2 rings (SSSR count). The molecule has 0 radical (unpaired) electrons. The summed E-state index contributed by atoms with van der Waals surface area (Å²) in [5, 5.41) is 3.23. The highest BCUT2D eigenvalue weighted by atomic mass is 35.5. The average Bonchev–Trinajstić information content (AvgIpc) is 2.52. The van der Waals surface area contributed by atoms with Crippen molar-refractivity contribution in [3.63, 3.8) is 0 Å². The number of aryl methyl sites for hydroxylation is 1. The number of para-hydroxylation sites is 1. The summed E-state index contributed by atoms with van der Waals surface area (Å²) in [5.74, 6) is 0.0694. The van der Waals surface area contributed by atoms with Crippen molar-refractivity contribution >= 4 is 23.2 Å². The number of rotatable bonds is 7. The Morgan fingerprint density at radius 3 is 2.75 bits per heavy atom. The van der Waals surface area contributed by atoms with Crippen molar-refractivity contribution in [3.05, 3.63) is 58.9 Å². The van der Waals surface area contributed by atoms with Crippen LogP contribution in [0.1, 0.15) is 5.56 Å². The van der Waals surface area contributed by atoms with E-state index in [9.17, 15) is 9.18 Å². The Bertz CT molecular complexity index is 709. The molecule has 0 heterocycles. The molecule has 0 bridgehead atoms. The normalized spacial score (nSPS) is 10.7. The van der Waals surface area contributed by atoms with Crippen molar-refractivity contribution in [3.8, 4) is 5.75 Å². The number of anilines is 1. The van der Waals surface area contributed by atoms with Gasteiger partial charge in [-0.15, -0.1) is 0 Å². The van der Waals surface area contributed by atoms with Gasteiger partial charge in [-0.05, 0) is 43.8 Å². The molecule has 1 amide bonds. The van der Waals surface area contributed by atoms with Crippen LogP contribution >= 0.6 is 11.6 Å². The third-order valence-corrected chi connectivity index (χ3v) is 3.75. The molecular weight excluding hydrogens is 331 g/mol. The van der Waals surface area contributed by atoms with Crippen LogP contribution in [0.2, 0.25) is 5.02 Å². The minimum absolute atomic E-state index is 0.182. The number of hydrogen-bond acceptors (Lipinski definition) is 3. The van der Waals surface area contributed by atoms with Gasteiger partial charge < -0.3 is 10.1 Å². The first-order valence-electron chi connectivity index (χ1n) is 7.57. The Morgan fingerprint density at radius 1 is 1.29 bits per heavy atom. The fourth-order valence-corrected chi connectivity index (χ4v) is 2.26. The summed E-state index contributed by atoms with van der Waals surface area (Å²) in [6.07, 6.45) is 0. The Kier molecular flexibility index (Phi) is 6.58. The zero-order chi connectivity index (χ0) is 17.5. The van der Waals surface area contributed by atoms with Crippen LogP contribution in [0.5, 0.6) is 5.75 Å². The quantitative estimate of drug-likeness (QED) is 0.827. The van der Waals surface area contributed by atoms with E-state index in [-0.39, 0.29) is 18.3 Å². The maximum atomic E-state index is 13.5. The molecule has 0 aliphatic heterocycles. The Labute approximate surface area is 146 Å². The van der Waals surface area contributed by atoms with Crippen LogP contribution in [-0.2, 0) is 4.79 Å². The molecular formula is C18H20ClFN2O2. The number of amides is 1. The van der Waals surface area contributed by atoms with Crippen LogP contribution in [0, 0.1) is 12.7 Å². The van der Waals surface area contributed by atoms with E-state index < -0.39 is 0 Å². The number of benzene rings is 2. The largest absolute Gasteiger partial charge is 0.491 e. The minimum Gasteiger partial charge on any atom is -0.491 e. The topological polar surface area (TPSA) is 41.6 Å². The molecule has 24 heavy (non-hydrogen) atoms. The zero-order valence-corrected chi connectivity index (χ0v) is 14.4. The van der Waals surface area contributed by atoms with Gasteiger partial charge in [-0.1, -0.05) is 29.8 Å².